The number of H-pyrrole nitrogens is 1. The van der Waals surface area contributed by atoms with Crippen molar-refractivity contribution in [1.29, 1.82) is 0 Å². The molecule has 3 heterocycles. The third-order valence-electron chi connectivity index (χ3n) is 6.76. The molecule has 2 atom stereocenters. The van der Waals surface area contributed by atoms with Crippen molar-refractivity contribution >= 4 is 11.8 Å². The van der Waals surface area contributed by atoms with Gasteiger partial charge in [-0.3, -0.25) is 14.7 Å². The Morgan fingerprint density at radius 2 is 1.92 bits per heavy atom. The Kier molecular flexibility index (Phi) is 7.79. The Bertz CT molecular complexity index is 1210. The lowest BCUT2D eigenvalue weighted by Gasteiger charge is -2.30. The van der Waals surface area contributed by atoms with E-state index in [0.29, 0.717) is 57.0 Å². The summed E-state index contributed by atoms with van der Waals surface area (Å²) < 4.78 is 11.1. The van der Waals surface area contributed by atoms with E-state index in [1.165, 1.54) is 0 Å². The third-order valence-corrected chi connectivity index (χ3v) is 6.76. The molecule has 2 amide bonds. The van der Waals surface area contributed by atoms with Crippen molar-refractivity contribution < 1.29 is 24.2 Å². The molecule has 0 bridgehead atoms. The van der Waals surface area contributed by atoms with Gasteiger partial charge in [0, 0.05) is 55.1 Å². The molecule has 0 radical (unpaired) electrons. The van der Waals surface area contributed by atoms with E-state index < -0.39 is 6.10 Å². The topological polar surface area (TPSA) is 129 Å². The zero-order chi connectivity index (χ0) is 25.6. The highest BCUT2D eigenvalue weighted by atomic mass is 16.5. The molecule has 4 N–H and O–H groups in total. The van der Waals surface area contributed by atoms with Crippen LogP contribution >= 0.6 is 0 Å². The molecule has 0 spiro atoms. The fraction of sp³-hybridized carbons (Fsp3) is 0.370. The predicted octanol–water partition coefficient (Wildman–Crippen LogP) is 1.27. The number of hydrogen-bond donors (Lipinski definition) is 4. The molecular weight excluding hydrogens is 474 g/mol. The lowest BCUT2D eigenvalue weighted by Crippen LogP contribution is -2.49. The predicted molar refractivity (Wildman–Crippen MR) is 135 cm³/mol. The van der Waals surface area contributed by atoms with Crippen molar-refractivity contribution in [2.24, 2.45) is 0 Å². The number of carbonyl (C=O) groups is 2. The second kappa shape index (κ2) is 11.5. The Morgan fingerprint density at radius 1 is 1.14 bits per heavy atom. The van der Waals surface area contributed by atoms with Gasteiger partial charge >= 0.3 is 0 Å². The van der Waals surface area contributed by atoms with Crippen molar-refractivity contribution in [3.63, 3.8) is 0 Å². The van der Waals surface area contributed by atoms with Gasteiger partial charge in [-0.2, -0.15) is 5.10 Å². The van der Waals surface area contributed by atoms with Crippen LogP contribution in [0.1, 0.15) is 37.4 Å². The van der Waals surface area contributed by atoms with E-state index in [-0.39, 0.29) is 24.4 Å². The molecule has 1 aromatic heterocycles. The van der Waals surface area contributed by atoms with Gasteiger partial charge in [0.25, 0.3) is 11.8 Å². The van der Waals surface area contributed by atoms with E-state index in [1.54, 1.807) is 41.6 Å². The first kappa shape index (κ1) is 24.9. The molecule has 2 aromatic carbocycles. The number of carbonyl (C=O) groups excluding carboxylic acids is 2. The van der Waals surface area contributed by atoms with Crippen LogP contribution in [0.3, 0.4) is 0 Å². The number of hydrogen-bond acceptors (Lipinski definition) is 7. The number of aromatic amines is 1. The summed E-state index contributed by atoms with van der Waals surface area (Å²) in [5, 5.41) is 23.6. The molecule has 10 nitrogen and oxygen atoms in total. The van der Waals surface area contributed by atoms with E-state index >= 15 is 0 Å². The number of ether oxygens (including phenoxy) is 2. The molecule has 10 heteroatoms. The van der Waals surface area contributed by atoms with Crippen LogP contribution in [-0.2, 0) is 24.3 Å². The molecular formula is C27H31N5O5. The second-order valence-electron chi connectivity index (χ2n) is 9.28. The molecule has 1 fully saturated rings. The fourth-order valence-corrected chi connectivity index (χ4v) is 4.56. The van der Waals surface area contributed by atoms with E-state index in [9.17, 15) is 14.7 Å². The first-order valence-electron chi connectivity index (χ1n) is 12.5. The molecule has 0 saturated carbocycles. The van der Waals surface area contributed by atoms with Gasteiger partial charge in [-0.25, -0.2) is 0 Å². The summed E-state index contributed by atoms with van der Waals surface area (Å²) in [7, 11) is 0. The summed E-state index contributed by atoms with van der Waals surface area (Å²) in [6.45, 7) is 3.38. The van der Waals surface area contributed by atoms with Gasteiger partial charge in [0.05, 0.1) is 25.5 Å². The lowest BCUT2D eigenvalue weighted by atomic mass is 9.92. The Labute approximate surface area is 215 Å². The molecule has 5 rings (SSSR count). The number of fused-ring (bicyclic) bond motifs is 1. The van der Waals surface area contributed by atoms with Gasteiger partial charge in [0.1, 0.15) is 12.4 Å². The van der Waals surface area contributed by atoms with Crippen LogP contribution in [0.15, 0.2) is 54.9 Å². The molecule has 0 aliphatic carbocycles. The number of aliphatic hydroxyl groups excluding tert-OH is 1. The normalized spacial score (nSPS) is 18.1. The molecule has 194 valence electrons. The zero-order valence-corrected chi connectivity index (χ0v) is 20.5. The Hall–Kier alpha value is -3.73. The highest BCUT2D eigenvalue weighted by Gasteiger charge is 2.25. The SMILES string of the molecule is O=C(NC[C@@H](O)[C@@H]1Cc2ccc(OCc3cn[nH]c3)cc2CN1)c1ccc(C(=O)N2CCOCC2)cc1. The summed E-state index contributed by atoms with van der Waals surface area (Å²) in [6.07, 6.45) is 3.42. The second-order valence-corrected chi connectivity index (χ2v) is 9.28. The number of morpholine rings is 1. The number of aromatic nitrogens is 2. The molecule has 2 aliphatic rings. The molecule has 3 aromatic rings. The summed E-state index contributed by atoms with van der Waals surface area (Å²) in [4.78, 5) is 27.0. The van der Waals surface area contributed by atoms with Crippen LogP contribution < -0.4 is 15.4 Å². The molecule has 0 unspecified atom stereocenters. The van der Waals surface area contributed by atoms with Crippen LogP contribution in [0.5, 0.6) is 5.75 Å². The zero-order valence-electron chi connectivity index (χ0n) is 20.5. The van der Waals surface area contributed by atoms with Crippen LogP contribution in [0.2, 0.25) is 0 Å². The van der Waals surface area contributed by atoms with Crippen molar-refractivity contribution in [2.75, 3.05) is 32.8 Å². The Morgan fingerprint density at radius 3 is 2.68 bits per heavy atom. The van der Waals surface area contributed by atoms with Gasteiger partial charge < -0.3 is 30.1 Å². The minimum atomic E-state index is -0.753. The third kappa shape index (κ3) is 6.16. The fourth-order valence-electron chi connectivity index (χ4n) is 4.56. The number of amides is 2. The summed E-state index contributed by atoms with van der Waals surface area (Å²) >= 11 is 0. The average Bonchev–Trinajstić information content (AvgIpc) is 3.48. The first-order valence-corrected chi connectivity index (χ1v) is 12.5. The average molecular weight is 506 g/mol. The van der Waals surface area contributed by atoms with Gasteiger partial charge in [0.2, 0.25) is 0 Å². The molecule has 2 aliphatic heterocycles. The maximum Gasteiger partial charge on any atom is 0.254 e. The van der Waals surface area contributed by atoms with Gasteiger partial charge in [0.15, 0.2) is 0 Å². The minimum Gasteiger partial charge on any atom is -0.489 e. The van der Waals surface area contributed by atoms with Gasteiger partial charge in [-0.15, -0.1) is 0 Å². The van der Waals surface area contributed by atoms with Gasteiger partial charge in [-0.05, 0) is 53.9 Å². The lowest BCUT2D eigenvalue weighted by molar-refractivity contribution is 0.0303. The monoisotopic (exact) mass is 505 g/mol. The van der Waals surface area contributed by atoms with Crippen LogP contribution in [0.25, 0.3) is 0 Å². The molecule has 37 heavy (non-hydrogen) atoms. The quantitative estimate of drug-likeness (QED) is 0.363. The number of aliphatic hydroxyl groups is 1. The maximum absolute atomic E-state index is 12.6. The van der Waals surface area contributed by atoms with Crippen molar-refractivity contribution in [3.05, 3.63) is 82.7 Å². The summed E-state index contributed by atoms with van der Waals surface area (Å²) in [5.74, 6) is 0.427. The van der Waals surface area contributed by atoms with Crippen LogP contribution in [0.4, 0.5) is 0 Å². The number of nitrogens with zero attached hydrogens (tertiary/aromatic N) is 2. The van der Waals surface area contributed by atoms with E-state index in [1.807, 2.05) is 18.2 Å². The summed E-state index contributed by atoms with van der Waals surface area (Å²) in [5.41, 5.74) is 4.22. The highest BCUT2D eigenvalue weighted by molar-refractivity contribution is 5.97. The van der Waals surface area contributed by atoms with E-state index in [2.05, 4.69) is 20.8 Å². The van der Waals surface area contributed by atoms with E-state index in [4.69, 9.17) is 9.47 Å². The molecule has 1 saturated heterocycles. The summed E-state index contributed by atoms with van der Waals surface area (Å²) in [6, 6.07) is 12.4. The smallest absolute Gasteiger partial charge is 0.254 e. The first-order chi connectivity index (χ1) is 18.1. The number of nitrogens with one attached hydrogen (secondary N) is 3. The van der Waals surface area contributed by atoms with Crippen molar-refractivity contribution in [3.8, 4) is 5.75 Å². The largest absolute Gasteiger partial charge is 0.489 e. The minimum absolute atomic E-state index is 0.0639. The maximum atomic E-state index is 12.6. The van der Waals surface area contributed by atoms with Crippen LogP contribution in [0, 0.1) is 0 Å². The van der Waals surface area contributed by atoms with Crippen molar-refractivity contribution in [1.82, 2.24) is 25.7 Å². The van der Waals surface area contributed by atoms with Crippen molar-refractivity contribution in [2.45, 2.75) is 31.7 Å². The standard InChI is InChI=1S/C27H31N5O5/c33-25(16-29-26(34)19-1-3-20(4-2-19)27(35)32-7-9-36-10-8-32)24-12-21-5-6-23(11-22(21)15-28-24)37-17-18-13-30-31-14-18/h1-6,11,13-14,24-25,28,33H,7-10,12,15-17H2,(H,29,34)(H,30,31)/t24-,25+/m0/s1. The number of rotatable bonds is 8. The van der Waals surface area contributed by atoms with Crippen LogP contribution in [-0.4, -0.2) is 77.0 Å². The van der Waals surface area contributed by atoms with Gasteiger partial charge in [-0.1, -0.05) is 6.07 Å². The Balaban J connectivity index is 1.10. The number of benzene rings is 2. The van der Waals surface area contributed by atoms with E-state index in [0.717, 1.165) is 22.4 Å². The highest BCUT2D eigenvalue weighted by Crippen LogP contribution is 2.24.